The smallest absolute Gasteiger partial charge is 0.165 e. The van der Waals surface area contributed by atoms with Crippen molar-refractivity contribution >= 4 is 27.5 Å². The first-order chi connectivity index (χ1) is 10.0. The molecule has 2 nitrogen and oxygen atoms in total. The maximum atomic E-state index is 13.2. The van der Waals surface area contributed by atoms with Gasteiger partial charge in [0.05, 0.1) is 7.11 Å². The molecule has 0 aliphatic carbocycles. The van der Waals surface area contributed by atoms with Gasteiger partial charge in [-0.25, -0.2) is 8.78 Å². The van der Waals surface area contributed by atoms with Crippen LogP contribution in [0, 0.1) is 11.6 Å². The summed E-state index contributed by atoms with van der Waals surface area (Å²) in [5.41, 5.74) is 1.33. The topological polar surface area (TPSA) is 18.5 Å². The van der Waals surface area contributed by atoms with Crippen LogP contribution in [0.2, 0.25) is 5.02 Å². The highest BCUT2D eigenvalue weighted by molar-refractivity contribution is 9.08. The largest absolute Gasteiger partial charge is 0.493 e. The Morgan fingerprint density at radius 2 is 1.90 bits per heavy atom. The van der Waals surface area contributed by atoms with E-state index in [1.807, 2.05) is 0 Å². The van der Waals surface area contributed by atoms with E-state index in [2.05, 4.69) is 15.9 Å². The van der Waals surface area contributed by atoms with Crippen LogP contribution in [0.4, 0.5) is 8.78 Å². The molecular formula is C15H12BrClF2O2. The summed E-state index contributed by atoms with van der Waals surface area (Å²) in [4.78, 5) is 0. The van der Waals surface area contributed by atoms with Crippen LogP contribution in [0.3, 0.4) is 0 Å². The monoisotopic (exact) mass is 376 g/mol. The molecule has 0 atom stereocenters. The minimum absolute atomic E-state index is 0.0925. The van der Waals surface area contributed by atoms with Gasteiger partial charge in [-0.15, -0.1) is 0 Å². The van der Waals surface area contributed by atoms with Crippen molar-refractivity contribution in [3.8, 4) is 11.5 Å². The molecule has 0 amide bonds. The SMILES string of the molecule is COc1cc(Cl)cc(CBr)c1OCc1ccc(F)c(F)c1. The Balaban J connectivity index is 2.24. The fraction of sp³-hybridized carbons (Fsp3) is 0.200. The third kappa shape index (κ3) is 3.86. The van der Waals surface area contributed by atoms with Crippen molar-refractivity contribution in [1.29, 1.82) is 0 Å². The van der Waals surface area contributed by atoms with E-state index in [4.69, 9.17) is 21.1 Å². The van der Waals surface area contributed by atoms with Crippen LogP contribution in [0.1, 0.15) is 11.1 Å². The van der Waals surface area contributed by atoms with Gasteiger partial charge in [0.15, 0.2) is 23.1 Å². The van der Waals surface area contributed by atoms with Gasteiger partial charge in [0.2, 0.25) is 0 Å². The minimum Gasteiger partial charge on any atom is -0.493 e. The maximum Gasteiger partial charge on any atom is 0.165 e. The van der Waals surface area contributed by atoms with Gasteiger partial charge in [0, 0.05) is 22.0 Å². The predicted octanol–water partition coefficient (Wildman–Crippen LogP) is 5.10. The van der Waals surface area contributed by atoms with Crippen LogP contribution in [0.25, 0.3) is 0 Å². The Kier molecular flexibility index (Phi) is 5.42. The lowest BCUT2D eigenvalue weighted by molar-refractivity contribution is 0.281. The molecule has 0 N–H and O–H groups in total. The second-order valence-electron chi connectivity index (χ2n) is 4.27. The minimum atomic E-state index is -0.903. The molecule has 0 aliphatic rings. The number of benzene rings is 2. The Labute approximate surface area is 134 Å². The van der Waals surface area contributed by atoms with Crippen molar-refractivity contribution < 1.29 is 18.3 Å². The van der Waals surface area contributed by atoms with E-state index in [0.29, 0.717) is 27.4 Å². The molecule has 2 aromatic carbocycles. The zero-order valence-corrected chi connectivity index (χ0v) is 13.5. The third-order valence-corrected chi connectivity index (χ3v) is 3.65. The summed E-state index contributed by atoms with van der Waals surface area (Å²) >= 11 is 9.34. The highest BCUT2D eigenvalue weighted by atomic mass is 79.9. The van der Waals surface area contributed by atoms with Crippen molar-refractivity contribution in [2.45, 2.75) is 11.9 Å². The number of halogens is 4. The van der Waals surface area contributed by atoms with Crippen molar-refractivity contribution in [1.82, 2.24) is 0 Å². The number of ether oxygens (including phenoxy) is 2. The van der Waals surface area contributed by atoms with Crippen LogP contribution in [0.5, 0.6) is 11.5 Å². The number of hydrogen-bond acceptors (Lipinski definition) is 2. The zero-order valence-electron chi connectivity index (χ0n) is 11.1. The van der Waals surface area contributed by atoms with Gasteiger partial charge < -0.3 is 9.47 Å². The van der Waals surface area contributed by atoms with Gasteiger partial charge in [0.1, 0.15) is 6.61 Å². The molecule has 0 aromatic heterocycles. The van der Waals surface area contributed by atoms with E-state index in [1.165, 1.54) is 13.2 Å². The lowest BCUT2D eigenvalue weighted by Gasteiger charge is -2.15. The van der Waals surface area contributed by atoms with Gasteiger partial charge in [0.25, 0.3) is 0 Å². The zero-order chi connectivity index (χ0) is 15.4. The Hall–Kier alpha value is -1.33. The first-order valence-electron chi connectivity index (χ1n) is 6.04. The fourth-order valence-electron chi connectivity index (χ4n) is 1.82. The Bertz CT molecular complexity index is 625. The molecule has 0 bridgehead atoms. The Morgan fingerprint density at radius 3 is 2.52 bits per heavy atom. The van der Waals surface area contributed by atoms with Crippen LogP contribution in [-0.4, -0.2) is 7.11 Å². The molecule has 0 radical (unpaired) electrons. The third-order valence-electron chi connectivity index (χ3n) is 2.83. The molecule has 6 heteroatoms. The summed E-state index contributed by atoms with van der Waals surface area (Å²) in [6.07, 6.45) is 0. The van der Waals surface area contributed by atoms with Crippen LogP contribution in [0.15, 0.2) is 30.3 Å². The van der Waals surface area contributed by atoms with Crippen molar-refractivity contribution in [3.05, 3.63) is 58.1 Å². The van der Waals surface area contributed by atoms with E-state index in [1.54, 1.807) is 12.1 Å². The first-order valence-corrected chi connectivity index (χ1v) is 7.54. The second-order valence-corrected chi connectivity index (χ2v) is 5.26. The van der Waals surface area contributed by atoms with E-state index < -0.39 is 11.6 Å². The van der Waals surface area contributed by atoms with Gasteiger partial charge in [-0.1, -0.05) is 33.6 Å². The first kappa shape index (κ1) is 16.0. The fourth-order valence-corrected chi connectivity index (χ4v) is 2.47. The average Bonchev–Trinajstić information content (AvgIpc) is 2.48. The highest BCUT2D eigenvalue weighted by Crippen LogP contribution is 2.36. The van der Waals surface area contributed by atoms with Crippen molar-refractivity contribution in [3.63, 3.8) is 0 Å². The summed E-state index contributed by atoms with van der Waals surface area (Å²) < 4.78 is 37.0. The maximum absolute atomic E-state index is 13.2. The van der Waals surface area contributed by atoms with E-state index in [9.17, 15) is 8.78 Å². The lowest BCUT2D eigenvalue weighted by Crippen LogP contribution is -2.01. The van der Waals surface area contributed by atoms with Crippen molar-refractivity contribution in [2.24, 2.45) is 0 Å². The molecule has 0 saturated carbocycles. The second kappa shape index (κ2) is 7.09. The average molecular weight is 378 g/mol. The van der Waals surface area contributed by atoms with Gasteiger partial charge >= 0.3 is 0 Å². The van der Waals surface area contributed by atoms with Crippen LogP contribution >= 0.6 is 27.5 Å². The molecule has 0 unspecified atom stereocenters. The van der Waals surface area contributed by atoms with Crippen molar-refractivity contribution in [2.75, 3.05) is 7.11 Å². The van der Waals surface area contributed by atoms with Gasteiger partial charge in [-0.3, -0.25) is 0 Å². The molecule has 112 valence electrons. The lowest BCUT2D eigenvalue weighted by atomic mass is 10.2. The summed E-state index contributed by atoms with van der Waals surface area (Å²) in [6, 6.07) is 7.02. The van der Waals surface area contributed by atoms with E-state index in [0.717, 1.165) is 17.7 Å². The molecule has 2 rings (SSSR count). The predicted molar refractivity (Wildman–Crippen MR) is 81.3 cm³/mol. The highest BCUT2D eigenvalue weighted by Gasteiger charge is 2.13. The molecule has 0 saturated heterocycles. The number of hydrogen-bond donors (Lipinski definition) is 0. The summed E-state index contributed by atoms with van der Waals surface area (Å²) in [7, 11) is 1.51. The number of alkyl halides is 1. The summed E-state index contributed by atoms with van der Waals surface area (Å²) in [5, 5.41) is 1.05. The summed E-state index contributed by atoms with van der Waals surface area (Å²) in [5.74, 6) is -0.785. The molecule has 0 spiro atoms. The summed E-state index contributed by atoms with van der Waals surface area (Å²) in [6.45, 7) is 0.0925. The van der Waals surface area contributed by atoms with Gasteiger partial charge in [-0.05, 0) is 23.8 Å². The molecule has 2 aromatic rings. The number of rotatable bonds is 5. The van der Waals surface area contributed by atoms with Crippen LogP contribution in [-0.2, 0) is 11.9 Å². The van der Waals surface area contributed by atoms with E-state index in [-0.39, 0.29) is 6.61 Å². The molecule has 21 heavy (non-hydrogen) atoms. The van der Waals surface area contributed by atoms with Gasteiger partial charge in [-0.2, -0.15) is 0 Å². The standard InChI is InChI=1S/C15H12BrClF2O2/c1-20-14-6-11(17)5-10(7-16)15(14)21-8-9-2-3-12(18)13(19)4-9/h2-6H,7-8H2,1H3. The normalized spacial score (nSPS) is 10.5. The molecule has 0 fully saturated rings. The Morgan fingerprint density at radius 1 is 1.14 bits per heavy atom. The molecular weight excluding hydrogens is 366 g/mol. The molecule has 0 aliphatic heterocycles. The van der Waals surface area contributed by atoms with Crippen LogP contribution < -0.4 is 9.47 Å². The number of methoxy groups -OCH3 is 1. The van der Waals surface area contributed by atoms with E-state index >= 15 is 0 Å². The quantitative estimate of drug-likeness (QED) is 0.675. The molecule has 0 heterocycles.